The number of carbonyl (C=O) groups is 1. The highest BCUT2D eigenvalue weighted by Gasteiger charge is 2.42. The molecular formula is C30H26N2O3. The maximum atomic E-state index is 11.3. The van der Waals surface area contributed by atoms with Gasteiger partial charge in [-0.3, -0.25) is 0 Å². The van der Waals surface area contributed by atoms with Gasteiger partial charge in [-0.15, -0.1) is 0 Å². The molecule has 1 aliphatic carbocycles. The van der Waals surface area contributed by atoms with Crippen LogP contribution in [0.5, 0.6) is 5.75 Å². The lowest BCUT2D eigenvalue weighted by Crippen LogP contribution is -2.26. The number of nitrogens with zero attached hydrogens (tertiary/aromatic N) is 2. The number of methoxy groups -OCH3 is 1. The van der Waals surface area contributed by atoms with Crippen LogP contribution >= 0.6 is 0 Å². The summed E-state index contributed by atoms with van der Waals surface area (Å²) < 4.78 is 5.22. The Morgan fingerprint density at radius 1 is 1.00 bits per heavy atom. The van der Waals surface area contributed by atoms with Crippen molar-refractivity contribution in [3.63, 3.8) is 0 Å². The van der Waals surface area contributed by atoms with Crippen molar-refractivity contribution in [1.82, 2.24) is 0 Å². The van der Waals surface area contributed by atoms with Crippen LogP contribution in [0.3, 0.4) is 0 Å². The predicted octanol–water partition coefficient (Wildman–Crippen LogP) is 6.64. The van der Waals surface area contributed by atoms with Gasteiger partial charge in [-0.1, -0.05) is 48.9 Å². The number of aliphatic carboxylic acids is 1. The van der Waals surface area contributed by atoms with Gasteiger partial charge in [0.2, 0.25) is 0 Å². The summed E-state index contributed by atoms with van der Waals surface area (Å²) >= 11 is 0. The second-order valence-electron chi connectivity index (χ2n) is 8.97. The molecule has 5 nitrogen and oxygen atoms in total. The second kappa shape index (κ2) is 9.52. The number of carboxylic acids is 1. The molecule has 5 rings (SSSR count). The summed E-state index contributed by atoms with van der Waals surface area (Å²) in [5.74, 6) is 0.0657. The molecule has 5 heteroatoms. The fourth-order valence-electron chi connectivity index (χ4n) is 5.26. The fraction of sp³-hybridized carbons (Fsp3) is 0.200. The molecule has 2 aliphatic rings. The van der Waals surface area contributed by atoms with Crippen LogP contribution in [-0.2, 0) is 4.79 Å². The molecule has 3 aromatic rings. The van der Waals surface area contributed by atoms with E-state index in [0.29, 0.717) is 12.0 Å². The van der Waals surface area contributed by atoms with E-state index < -0.39 is 5.97 Å². The van der Waals surface area contributed by atoms with Crippen molar-refractivity contribution in [2.45, 2.75) is 31.2 Å². The molecule has 0 radical (unpaired) electrons. The smallest absolute Gasteiger partial charge is 0.346 e. The number of fused-ring (bicyclic) bond motifs is 3. The highest BCUT2D eigenvalue weighted by molar-refractivity contribution is 5.96. The molecule has 1 fully saturated rings. The number of benzene rings is 3. The van der Waals surface area contributed by atoms with Crippen LogP contribution in [0.2, 0.25) is 0 Å². The van der Waals surface area contributed by atoms with Crippen LogP contribution in [0, 0.1) is 11.3 Å². The lowest BCUT2D eigenvalue weighted by atomic mass is 9.95. The molecule has 0 amide bonds. The molecule has 1 saturated carbocycles. The van der Waals surface area contributed by atoms with E-state index in [9.17, 15) is 9.90 Å². The first kappa shape index (κ1) is 22.5. The Morgan fingerprint density at radius 2 is 1.66 bits per heavy atom. The topological polar surface area (TPSA) is 73.6 Å². The van der Waals surface area contributed by atoms with Gasteiger partial charge >= 0.3 is 5.97 Å². The lowest BCUT2D eigenvalue weighted by molar-refractivity contribution is -0.132. The lowest BCUT2D eigenvalue weighted by Gasteiger charge is -2.27. The van der Waals surface area contributed by atoms with E-state index >= 15 is 0 Å². The Balaban J connectivity index is 1.41. The van der Waals surface area contributed by atoms with Crippen molar-refractivity contribution < 1.29 is 14.6 Å². The number of hydrogen-bond donors (Lipinski definition) is 1. The van der Waals surface area contributed by atoms with Crippen LogP contribution in [-0.4, -0.2) is 24.2 Å². The molecule has 0 spiro atoms. The average molecular weight is 463 g/mol. The zero-order valence-corrected chi connectivity index (χ0v) is 19.5. The molecule has 35 heavy (non-hydrogen) atoms. The SMILES string of the molecule is COc1ccc(/C=C/c2ccc(N3c4ccc(/C=C(\C#N)C(=O)O)cc4C4CCCC43)cc2)cc1. The summed E-state index contributed by atoms with van der Waals surface area (Å²) in [6.45, 7) is 0. The van der Waals surface area contributed by atoms with Gasteiger partial charge in [0.05, 0.1) is 7.11 Å². The van der Waals surface area contributed by atoms with Gasteiger partial charge in [0.25, 0.3) is 0 Å². The summed E-state index contributed by atoms with van der Waals surface area (Å²) in [7, 11) is 1.67. The normalized spacial score (nSPS) is 18.9. The van der Waals surface area contributed by atoms with Crippen molar-refractivity contribution in [3.05, 3.63) is 94.6 Å². The highest BCUT2D eigenvalue weighted by atomic mass is 16.5. The fourth-order valence-corrected chi connectivity index (χ4v) is 5.26. The van der Waals surface area contributed by atoms with Gasteiger partial charge in [-0.25, -0.2) is 4.79 Å². The van der Waals surface area contributed by atoms with Gasteiger partial charge in [0.1, 0.15) is 17.4 Å². The van der Waals surface area contributed by atoms with Gasteiger partial charge < -0.3 is 14.7 Å². The van der Waals surface area contributed by atoms with Gasteiger partial charge in [-0.2, -0.15) is 5.26 Å². The number of hydrogen-bond acceptors (Lipinski definition) is 4. The van der Waals surface area contributed by atoms with Gasteiger partial charge in [0, 0.05) is 23.3 Å². The molecule has 1 N–H and O–H groups in total. The van der Waals surface area contributed by atoms with Crippen molar-refractivity contribution in [2.75, 3.05) is 12.0 Å². The Hall–Kier alpha value is -4.30. The number of rotatable bonds is 6. The standard InChI is InChI=1S/C30H26N2O3/c1-35-25-14-9-21(10-15-25)6-5-20-7-12-24(13-8-20)32-28-4-2-3-26(28)27-18-22(11-16-29(27)32)17-23(19-31)30(33)34/h5-18,26,28H,2-4H2,1H3,(H,33,34)/b6-5+,23-17+. The largest absolute Gasteiger partial charge is 0.497 e. The number of ether oxygens (including phenoxy) is 1. The summed E-state index contributed by atoms with van der Waals surface area (Å²) in [5.41, 5.74) is 6.33. The number of anilines is 2. The Bertz CT molecular complexity index is 1350. The zero-order valence-electron chi connectivity index (χ0n) is 19.5. The molecular weight excluding hydrogens is 436 g/mol. The molecule has 2 unspecified atom stereocenters. The van der Waals surface area contributed by atoms with Crippen LogP contribution in [0.15, 0.2) is 72.3 Å². The Labute approximate surface area is 205 Å². The van der Waals surface area contributed by atoms with E-state index in [2.05, 4.69) is 53.5 Å². The third-order valence-corrected chi connectivity index (χ3v) is 6.94. The Kier molecular flexibility index (Phi) is 6.12. The minimum absolute atomic E-state index is 0.249. The van der Waals surface area contributed by atoms with Crippen LogP contribution < -0.4 is 9.64 Å². The minimum Gasteiger partial charge on any atom is -0.497 e. The first-order valence-electron chi connectivity index (χ1n) is 11.8. The minimum atomic E-state index is -1.20. The predicted molar refractivity (Wildman–Crippen MR) is 139 cm³/mol. The van der Waals surface area contributed by atoms with Crippen LogP contribution in [0.25, 0.3) is 18.2 Å². The first-order chi connectivity index (χ1) is 17.1. The maximum absolute atomic E-state index is 11.3. The van der Waals surface area contributed by atoms with Gasteiger partial charge in [-0.05, 0) is 77.6 Å². The van der Waals surface area contributed by atoms with E-state index in [0.717, 1.165) is 41.0 Å². The Morgan fingerprint density at radius 3 is 2.29 bits per heavy atom. The molecule has 174 valence electrons. The summed E-state index contributed by atoms with van der Waals surface area (Å²) in [4.78, 5) is 13.7. The van der Waals surface area contributed by atoms with E-state index in [-0.39, 0.29) is 5.57 Å². The third-order valence-electron chi connectivity index (χ3n) is 6.94. The average Bonchev–Trinajstić information content (AvgIpc) is 3.47. The monoisotopic (exact) mass is 462 g/mol. The van der Waals surface area contributed by atoms with E-state index in [4.69, 9.17) is 10.00 Å². The van der Waals surface area contributed by atoms with Gasteiger partial charge in [0.15, 0.2) is 0 Å². The van der Waals surface area contributed by atoms with Crippen molar-refractivity contribution in [1.29, 1.82) is 5.26 Å². The van der Waals surface area contributed by atoms with E-state index in [1.807, 2.05) is 30.3 Å². The zero-order chi connectivity index (χ0) is 24.4. The summed E-state index contributed by atoms with van der Waals surface area (Å²) in [6.07, 6.45) is 9.08. The second-order valence-corrected chi connectivity index (χ2v) is 8.97. The molecule has 2 atom stereocenters. The molecule has 1 heterocycles. The van der Waals surface area contributed by atoms with E-state index in [1.165, 1.54) is 23.7 Å². The number of carboxylic acid groups (broad SMARTS) is 1. The summed E-state index contributed by atoms with van der Waals surface area (Å²) in [6, 6.07) is 24.8. The van der Waals surface area contributed by atoms with Crippen LogP contribution in [0.4, 0.5) is 11.4 Å². The highest BCUT2D eigenvalue weighted by Crippen LogP contribution is 2.52. The molecule has 1 aliphatic heterocycles. The third kappa shape index (κ3) is 4.43. The van der Waals surface area contributed by atoms with Crippen LogP contribution in [0.1, 0.15) is 47.4 Å². The first-order valence-corrected chi connectivity index (χ1v) is 11.8. The van der Waals surface area contributed by atoms with E-state index in [1.54, 1.807) is 13.2 Å². The molecule has 0 aromatic heterocycles. The summed E-state index contributed by atoms with van der Waals surface area (Å²) in [5, 5.41) is 18.3. The molecule has 0 bridgehead atoms. The molecule has 3 aromatic carbocycles. The van der Waals surface area contributed by atoms with Crippen molar-refractivity contribution >= 4 is 35.6 Å². The van der Waals surface area contributed by atoms with Crippen molar-refractivity contribution in [2.24, 2.45) is 0 Å². The maximum Gasteiger partial charge on any atom is 0.346 e. The quantitative estimate of drug-likeness (QED) is 0.252. The number of nitriles is 1. The molecule has 0 saturated heterocycles. The van der Waals surface area contributed by atoms with Crippen molar-refractivity contribution in [3.8, 4) is 11.8 Å².